The summed E-state index contributed by atoms with van der Waals surface area (Å²) in [7, 11) is -5.84. The highest BCUT2D eigenvalue weighted by atomic mass is 35.5. The number of alkyl halides is 3. The minimum absolute atomic E-state index is 0.0350. The van der Waals surface area contributed by atoms with Crippen molar-refractivity contribution in [3.8, 4) is 5.88 Å². The number of likely N-dealkylation sites (tertiary alicyclic amines) is 1. The van der Waals surface area contributed by atoms with E-state index in [0.717, 1.165) is 6.07 Å². The van der Waals surface area contributed by atoms with Gasteiger partial charge in [0, 0.05) is 42.4 Å². The zero-order valence-corrected chi connectivity index (χ0v) is 14.7. The fraction of sp³-hybridized carbons (Fsp3) is 0.357. The highest BCUT2D eigenvalue weighted by molar-refractivity contribution is 7.87. The normalized spacial score (nSPS) is 15.8. The molecule has 0 N–H and O–H groups in total. The van der Waals surface area contributed by atoms with Crippen molar-refractivity contribution in [2.45, 2.75) is 18.3 Å². The molecule has 0 spiro atoms. The molecule has 140 valence electrons. The third-order valence-corrected chi connectivity index (χ3v) is 5.21. The number of nitrogens with zero attached hydrogens (tertiary/aromatic N) is 3. The highest BCUT2D eigenvalue weighted by Gasteiger charge is 2.49. The van der Waals surface area contributed by atoms with Crippen LogP contribution in [0.25, 0.3) is 10.9 Å². The van der Waals surface area contributed by atoms with Crippen LogP contribution in [0, 0.1) is 0 Å². The van der Waals surface area contributed by atoms with Gasteiger partial charge in [0.15, 0.2) is 0 Å². The van der Waals surface area contributed by atoms with E-state index in [-0.39, 0.29) is 17.3 Å². The molecule has 0 radical (unpaired) electrons. The molecule has 3 rings (SSSR count). The van der Waals surface area contributed by atoms with E-state index < -0.39 is 21.5 Å². The smallest absolute Gasteiger partial charge is 0.354 e. The number of carbonyl (C=O) groups is 1. The molecule has 12 heteroatoms. The van der Waals surface area contributed by atoms with Gasteiger partial charge >= 0.3 is 15.6 Å². The van der Waals surface area contributed by atoms with Gasteiger partial charge in [0.2, 0.25) is 5.91 Å². The number of amides is 1. The first-order chi connectivity index (χ1) is 12.0. The zero-order valence-electron chi connectivity index (χ0n) is 13.1. The minimum atomic E-state index is -5.84. The van der Waals surface area contributed by atoms with Crippen molar-refractivity contribution in [2.75, 3.05) is 13.1 Å². The molecule has 0 aliphatic carbocycles. The predicted octanol–water partition coefficient (Wildman–Crippen LogP) is 2.46. The molecule has 26 heavy (non-hydrogen) atoms. The van der Waals surface area contributed by atoms with Crippen molar-refractivity contribution in [3.63, 3.8) is 0 Å². The van der Waals surface area contributed by atoms with Gasteiger partial charge in [-0.1, -0.05) is 11.6 Å². The SMILES string of the molecule is CC(=O)N1CC(c2cc3cc(OS(=O)(=O)C(F)(F)F)nnc3cc2Cl)C1. The van der Waals surface area contributed by atoms with Crippen LogP contribution in [0.2, 0.25) is 5.02 Å². The van der Waals surface area contributed by atoms with Crippen molar-refractivity contribution in [2.24, 2.45) is 0 Å². The van der Waals surface area contributed by atoms with Gasteiger partial charge in [0.25, 0.3) is 5.88 Å². The molecule has 1 aliphatic heterocycles. The number of benzene rings is 1. The van der Waals surface area contributed by atoms with Crippen LogP contribution in [-0.2, 0) is 14.9 Å². The highest BCUT2D eigenvalue weighted by Crippen LogP contribution is 2.35. The first-order valence-electron chi connectivity index (χ1n) is 7.21. The Morgan fingerprint density at radius 3 is 2.50 bits per heavy atom. The third kappa shape index (κ3) is 3.40. The van der Waals surface area contributed by atoms with Crippen LogP contribution in [0.1, 0.15) is 18.4 Å². The van der Waals surface area contributed by atoms with Gasteiger partial charge in [0.05, 0.1) is 5.52 Å². The van der Waals surface area contributed by atoms with Gasteiger partial charge in [-0.05, 0) is 17.7 Å². The van der Waals surface area contributed by atoms with Crippen molar-refractivity contribution in [3.05, 3.63) is 28.8 Å². The maximum absolute atomic E-state index is 12.4. The van der Waals surface area contributed by atoms with E-state index in [0.29, 0.717) is 29.1 Å². The maximum atomic E-state index is 12.4. The van der Waals surface area contributed by atoms with E-state index >= 15 is 0 Å². The van der Waals surface area contributed by atoms with E-state index in [1.807, 2.05) is 0 Å². The van der Waals surface area contributed by atoms with Crippen LogP contribution in [-0.4, -0.2) is 48.0 Å². The second kappa shape index (κ2) is 6.23. The average molecular weight is 410 g/mol. The van der Waals surface area contributed by atoms with Crippen LogP contribution < -0.4 is 4.18 Å². The van der Waals surface area contributed by atoms with E-state index in [1.165, 1.54) is 13.0 Å². The van der Waals surface area contributed by atoms with E-state index in [9.17, 15) is 26.4 Å². The molecule has 1 amide bonds. The van der Waals surface area contributed by atoms with Crippen molar-refractivity contribution in [1.29, 1.82) is 0 Å². The van der Waals surface area contributed by atoms with Gasteiger partial charge in [0.1, 0.15) is 0 Å². The summed E-state index contributed by atoms with van der Waals surface area (Å²) < 4.78 is 63.3. The van der Waals surface area contributed by atoms with Gasteiger partial charge in [-0.2, -0.15) is 21.6 Å². The number of halogens is 4. The van der Waals surface area contributed by atoms with Crippen LogP contribution >= 0.6 is 11.6 Å². The summed E-state index contributed by atoms with van der Waals surface area (Å²) in [5.74, 6) is -0.911. The Morgan fingerprint density at radius 2 is 1.92 bits per heavy atom. The summed E-state index contributed by atoms with van der Waals surface area (Å²) in [4.78, 5) is 12.9. The quantitative estimate of drug-likeness (QED) is 0.571. The molecule has 1 aromatic heterocycles. The fourth-order valence-electron chi connectivity index (χ4n) is 2.51. The molecular formula is C14H11ClF3N3O4S. The lowest BCUT2D eigenvalue weighted by Gasteiger charge is -2.39. The summed E-state index contributed by atoms with van der Waals surface area (Å²) >= 11 is 6.20. The lowest BCUT2D eigenvalue weighted by molar-refractivity contribution is -0.133. The Balaban J connectivity index is 1.92. The second-order valence-electron chi connectivity index (χ2n) is 5.72. The Morgan fingerprint density at radius 1 is 1.27 bits per heavy atom. The molecule has 0 atom stereocenters. The van der Waals surface area contributed by atoms with Gasteiger partial charge in [-0.25, -0.2) is 0 Å². The standard InChI is InChI=1S/C14H11ClF3N3O4S/c1-7(22)21-5-9(6-21)10-2-8-3-13(20-19-12(8)4-11(10)15)25-26(23,24)14(16,17)18/h2-4,9H,5-6H2,1H3. The molecule has 2 aromatic rings. The number of carbonyl (C=O) groups excluding carboxylic acids is 1. The molecule has 1 saturated heterocycles. The first-order valence-corrected chi connectivity index (χ1v) is 9.00. The van der Waals surface area contributed by atoms with Gasteiger partial charge in [-0.15, -0.1) is 10.2 Å². The van der Waals surface area contributed by atoms with E-state index in [2.05, 4.69) is 14.4 Å². The summed E-state index contributed by atoms with van der Waals surface area (Å²) in [6.07, 6.45) is 0. The average Bonchev–Trinajstić information content (AvgIpc) is 2.44. The number of hydrogen-bond acceptors (Lipinski definition) is 6. The van der Waals surface area contributed by atoms with Crippen LogP contribution in [0.3, 0.4) is 0 Å². The topological polar surface area (TPSA) is 89.5 Å². The number of aromatic nitrogens is 2. The van der Waals surface area contributed by atoms with Gasteiger partial charge < -0.3 is 9.08 Å². The summed E-state index contributed by atoms with van der Waals surface area (Å²) in [6.45, 7) is 2.37. The number of rotatable bonds is 3. The van der Waals surface area contributed by atoms with Crippen molar-refractivity contribution in [1.82, 2.24) is 15.1 Å². The summed E-state index contributed by atoms with van der Waals surface area (Å²) in [6, 6.07) is 4.08. The van der Waals surface area contributed by atoms with Crippen LogP contribution in [0.5, 0.6) is 5.88 Å². The molecule has 2 heterocycles. The molecule has 0 unspecified atom stereocenters. The first kappa shape index (κ1) is 18.6. The van der Waals surface area contributed by atoms with Crippen LogP contribution in [0.4, 0.5) is 13.2 Å². The number of fused-ring (bicyclic) bond motifs is 1. The summed E-state index contributed by atoms with van der Waals surface area (Å²) in [5, 5.41) is 7.65. The molecule has 1 aromatic carbocycles. The molecule has 1 aliphatic rings. The maximum Gasteiger partial charge on any atom is 0.534 e. The van der Waals surface area contributed by atoms with E-state index in [1.54, 1.807) is 11.0 Å². The molecular weight excluding hydrogens is 399 g/mol. The predicted molar refractivity (Wildman–Crippen MR) is 85.1 cm³/mol. The second-order valence-corrected chi connectivity index (χ2v) is 7.66. The van der Waals surface area contributed by atoms with E-state index in [4.69, 9.17) is 11.6 Å². The number of hydrogen-bond donors (Lipinski definition) is 0. The monoisotopic (exact) mass is 409 g/mol. The zero-order chi connectivity index (χ0) is 19.3. The van der Waals surface area contributed by atoms with Crippen LogP contribution in [0.15, 0.2) is 18.2 Å². The molecule has 0 bridgehead atoms. The van der Waals surface area contributed by atoms with Crippen molar-refractivity contribution >= 4 is 38.5 Å². The third-order valence-electron chi connectivity index (χ3n) is 3.93. The molecule has 1 fully saturated rings. The Bertz CT molecular complexity index is 991. The molecule has 7 nitrogen and oxygen atoms in total. The minimum Gasteiger partial charge on any atom is -0.354 e. The molecule has 0 saturated carbocycles. The Labute approximate surface area is 150 Å². The Hall–Kier alpha value is -2.14. The lowest BCUT2D eigenvalue weighted by atomic mass is 9.90. The van der Waals surface area contributed by atoms with Gasteiger partial charge in [-0.3, -0.25) is 4.79 Å². The largest absolute Gasteiger partial charge is 0.534 e. The fourth-order valence-corrected chi connectivity index (χ4v) is 3.22. The lowest BCUT2D eigenvalue weighted by Crippen LogP contribution is -2.47. The summed E-state index contributed by atoms with van der Waals surface area (Å²) in [5.41, 5.74) is -4.64. The van der Waals surface area contributed by atoms with Crippen molar-refractivity contribution < 1.29 is 30.6 Å². The Kier molecular flexibility index (Phi) is 4.47.